The summed E-state index contributed by atoms with van der Waals surface area (Å²) in [5.74, 6) is 0.0846. The molecule has 0 aromatic heterocycles. The number of hydrogen-bond donors (Lipinski definition) is 2. The second-order valence-electron chi connectivity index (χ2n) is 7.72. The van der Waals surface area contributed by atoms with Gasteiger partial charge in [-0.2, -0.15) is 0 Å². The van der Waals surface area contributed by atoms with E-state index < -0.39 is 12.0 Å². The van der Waals surface area contributed by atoms with Crippen LogP contribution in [0.1, 0.15) is 29.5 Å². The van der Waals surface area contributed by atoms with Crippen LogP contribution in [0.2, 0.25) is 0 Å². The van der Waals surface area contributed by atoms with Crippen LogP contribution in [0.15, 0.2) is 84.9 Å². The predicted molar refractivity (Wildman–Crippen MR) is 125 cm³/mol. The van der Waals surface area contributed by atoms with Gasteiger partial charge in [0.2, 0.25) is 0 Å². The van der Waals surface area contributed by atoms with Crippen molar-refractivity contribution in [1.29, 1.82) is 0 Å². The molecule has 0 amide bonds. The highest BCUT2D eigenvalue weighted by Crippen LogP contribution is 2.14. The Morgan fingerprint density at radius 2 is 1.35 bits per heavy atom. The van der Waals surface area contributed by atoms with Gasteiger partial charge in [-0.3, -0.25) is 4.79 Å². The van der Waals surface area contributed by atoms with Crippen LogP contribution in [-0.2, 0) is 24.1 Å². The Balaban J connectivity index is 1.33. The number of carbonyl (C=O) groups is 1. The van der Waals surface area contributed by atoms with E-state index in [4.69, 9.17) is 4.74 Å². The first-order chi connectivity index (χ1) is 15.2. The molecule has 1 atom stereocenters. The van der Waals surface area contributed by atoms with Gasteiger partial charge < -0.3 is 15.2 Å². The van der Waals surface area contributed by atoms with Gasteiger partial charge in [0.1, 0.15) is 11.8 Å². The van der Waals surface area contributed by atoms with Crippen molar-refractivity contribution in [3.05, 3.63) is 102 Å². The number of ether oxygens (including phenoxy) is 1. The van der Waals surface area contributed by atoms with Crippen LogP contribution < -0.4 is 10.1 Å². The Bertz CT molecular complexity index is 895. The Hall–Kier alpha value is -3.11. The van der Waals surface area contributed by atoms with Crippen molar-refractivity contribution in [2.24, 2.45) is 0 Å². The molecule has 4 heteroatoms. The molecule has 0 saturated carbocycles. The fourth-order valence-corrected chi connectivity index (χ4v) is 3.53. The summed E-state index contributed by atoms with van der Waals surface area (Å²) in [6.07, 6.45) is 4.29. The Morgan fingerprint density at radius 1 is 0.774 bits per heavy atom. The molecule has 0 fully saturated rings. The van der Waals surface area contributed by atoms with Gasteiger partial charge in [-0.15, -0.1) is 0 Å². The van der Waals surface area contributed by atoms with E-state index in [9.17, 15) is 9.90 Å². The number of carboxylic acids is 1. The summed E-state index contributed by atoms with van der Waals surface area (Å²) in [5, 5.41) is 12.6. The van der Waals surface area contributed by atoms with E-state index in [-0.39, 0.29) is 0 Å². The lowest BCUT2D eigenvalue weighted by Crippen LogP contribution is -2.39. The van der Waals surface area contributed by atoms with Gasteiger partial charge in [0.15, 0.2) is 0 Å². The number of carboxylic acid groups (broad SMARTS) is 1. The molecule has 0 aliphatic rings. The molecule has 162 valence electrons. The van der Waals surface area contributed by atoms with Crippen molar-refractivity contribution in [1.82, 2.24) is 5.32 Å². The number of hydrogen-bond acceptors (Lipinski definition) is 3. The Morgan fingerprint density at radius 3 is 2.00 bits per heavy atom. The summed E-state index contributed by atoms with van der Waals surface area (Å²) in [7, 11) is 0. The second kappa shape index (κ2) is 12.6. The molecule has 0 heterocycles. The van der Waals surface area contributed by atoms with Crippen molar-refractivity contribution in [3.8, 4) is 5.75 Å². The van der Waals surface area contributed by atoms with Crippen molar-refractivity contribution >= 4 is 5.97 Å². The summed E-state index contributed by atoms with van der Waals surface area (Å²) in [6, 6.07) is 27.8. The number of benzene rings is 3. The molecule has 0 aliphatic heterocycles. The second-order valence-corrected chi connectivity index (χ2v) is 7.72. The topological polar surface area (TPSA) is 58.6 Å². The summed E-state index contributed by atoms with van der Waals surface area (Å²) >= 11 is 0. The molecule has 0 spiro atoms. The molecule has 31 heavy (non-hydrogen) atoms. The predicted octanol–water partition coefficient (Wildman–Crippen LogP) is 4.92. The van der Waals surface area contributed by atoms with E-state index in [1.807, 2.05) is 48.5 Å². The van der Waals surface area contributed by atoms with E-state index in [0.29, 0.717) is 19.6 Å². The van der Waals surface area contributed by atoms with Gasteiger partial charge >= 0.3 is 5.97 Å². The van der Waals surface area contributed by atoms with Crippen LogP contribution in [0.4, 0.5) is 0 Å². The summed E-state index contributed by atoms with van der Waals surface area (Å²) in [4.78, 5) is 11.5. The molecule has 0 saturated heterocycles. The molecular formula is C27H31NO3. The van der Waals surface area contributed by atoms with Gasteiger partial charge in [-0.1, -0.05) is 72.8 Å². The zero-order chi connectivity index (χ0) is 21.7. The molecule has 4 nitrogen and oxygen atoms in total. The number of aliphatic carboxylic acids is 1. The van der Waals surface area contributed by atoms with Gasteiger partial charge in [0.25, 0.3) is 0 Å². The maximum absolute atomic E-state index is 11.5. The van der Waals surface area contributed by atoms with Crippen LogP contribution in [0.25, 0.3) is 0 Å². The maximum atomic E-state index is 11.5. The largest absolute Gasteiger partial charge is 0.494 e. The van der Waals surface area contributed by atoms with Gasteiger partial charge in [-0.25, -0.2) is 0 Å². The third-order valence-electron chi connectivity index (χ3n) is 5.26. The highest BCUT2D eigenvalue weighted by molar-refractivity contribution is 5.73. The van der Waals surface area contributed by atoms with Crippen LogP contribution in [0.5, 0.6) is 5.75 Å². The minimum absolute atomic E-state index is 0.493. The standard InChI is InChI=1S/C27H31NO3/c29-27(30)26(21-24-11-5-2-6-12-24)28-19-7-13-23-15-17-25(18-16-23)31-20-8-14-22-9-3-1-4-10-22/h1-6,9-12,15-18,26,28H,7-8,13-14,19-21H2,(H,29,30)/t26-/m0/s1. The molecule has 3 rings (SSSR count). The smallest absolute Gasteiger partial charge is 0.321 e. The monoisotopic (exact) mass is 417 g/mol. The SMILES string of the molecule is O=C(O)[C@H](Cc1ccccc1)NCCCc1ccc(OCCCc2ccccc2)cc1. The normalized spacial score (nSPS) is 11.7. The lowest BCUT2D eigenvalue weighted by molar-refractivity contribution is -0.139. The lowest BCUT2D eigenvalue weighted by Gasteiger charge is -2.14. The van der Waals surface area contributed by atoms with E-state index in [2.05, 4.69) is 41.7 Å². The maximum Gasteiger partial charge on any atom is 0.321 e. The van der Waals surface area contributed by atoms with E-state index in [1.54, 1.807) is 0 Å². The highest BCUT2D eigenvalue weighted by atomic mass is 16.5. The van der Waals surface area contributed by atoms with Crippen molar-refractivity contribution in [2.45, 2.75) is 38.1 Å². The van der Waals surface area contributed by atoms with Gasteiger partial charge in [0.05, 0.1) is 6.61 Å². The van der Waals surface area contributed by atoms with Crippen molar-refractivity contribution in [2.75, 3.05) is 13.2 Å². The fraction of sp³-hybridized carbons (Fsp3) is 0.296. The summed E-state index contributed by atoms with van der Waals surface area (Å²) in [5.41, 5.74) is 3.60. The van der Waals surface area contributed by atoms with Crippen LogP contribution in [0, 0.1) is 0 Å². The lowest BCUT2D eigenvalue weighted by atomic mass is 10.1. The quantitative estimate of drug-likeness (QED) is 0.388. The molecule has 2 N–H and O–H groups in total. The van der Waals surface area contributed by atoms with E-state index in [0.717, 1.165) is 37.0 Å². The molecule has 3 aromatic rings. The van der Waals surface area contributed by atoms with E-state index >= 15 is 0 Å². The molecular weight excluding hydrogens is 386 g/mol. The fourth-order valence-electron chi connectivity index (χ4n) is 3.53. The van der Waals surface area contributed by atoms with Crippen molar-refractivity contribution in [3.63, 3.8) is 0 Å². The summed E-state index contributed by atoms with van der Waals surface area (Å²) in [6.45, 7) is 1.37. The Kier molecular flexibility index (Phi) is 9.14. The van der Waals surface area contributed by atoms with Crippen LogP contribution in [-0.4, -0.2) is 30.3 Å². The van der Waals surface area contributed by atoms with Crippen molar-refractivity contribution < 1.29 is 14.6 Å². The third-order valence-corrected chi connectivity index (χ3v) is 5.26. The number of rotatable bonds is 13. The average Bonchev–Trinajstić information content (AvgIpc) is 2.81. The first-order valence-electron chi connectivity index (χ1n) is 11.0. The van der Waals surface area contributed by atoms with Crippen LogP contribution in [0.3, 0.4) is 0 Å². The van der Waals surface area contributed by atoms with Gasteiger partial charge in [-0.05, 0) is 67.5 Å². The minimum atomic E-state index is -0.808. The van der Waals surface area contributed by atoms with Crippen LogP contribution >= 0.6 is 0 Å². The molecule has 0 unspecified atom stereocenters. The molecule has 0 radical (unpaired) electrons. The number of aryl methyl sites for hydroxylation is 2. The van der Waals surface area contributed by atoms with E-state index in [1.165, 1.54) is 11.1 Å². The summed E-state index contributed by atoms with van der Waals surface area (Å²) < 4.78 is 5.85. The zero-order valence-corrected chi connectivity index (χ0v) is 17.9. The first kappa shape index (κ1) is 22.6. The molecule has 0 bridgehead atoms. The number of nitrogens with one attached hydrogen (secondary N) is 1. The minimum Gasteiger partial charge on any atom is -0.494 e. The van der Waals surface area contributed by atoms with Gasteiger partial charge in [0, 0.05) is 0 Å². The first-order valence-corrected chi connectivity index (χ1v) is 11.0. The molecule has 0 aliphatic carbocycles. The Labute approximate surface area is 184 Å². The molecule has 3 aromatic carbocycles. The zero-order valence-electron chi connectivity index (χ0n) is 17.9. The average molecular weight is 418 g/mol. The highest BCUT2D eigenvalue weighted by Gasteiger charge is 2.16. The third kappa shape index (κ3) is 8.27.